The first-order chi connectivity index (χ1) is 8.25. The van der Waals surface area contributed by atoms with Crippen LogP contribution in [0, 0.1) is 3.57 Å². The van der Waals surface area contributed by atoms with Gasteiger partial charge in [0, 0.05) is 16.0 Å². The number of halogens is 1. The number of rotatable bonds is 3. The molecule has 0 aliphatic heterocycles. The fraction of sp³-hybridized carbons (Fsp3) is 0. The van der Waals surface area contributed by atoms with E-state index < -0.39 is 0 Å². The largest absolute Gasteiger partial charge is 0.379 e. The van der Waals surface area contributed by atoms with E-state index in [4.69, 9.17) is 4.84 Å². The minimum absolute atomic E-state index is 0.322. The summed E-state index contributed by atoms with van der Waals surface area (Å²) in [6.45, 7) is 0. The summed E-state index contributed by atoms with van der Waals surface area (Å²) in [7, 11) is 0. The van der Waals surface area contributed by atoms with E-state index in [1.807, 2.05) is 18.2 Å². The quantitative estimate of drug-likeness (QED) is 0.690. The Hall–Kier alpha value is -1.63. The summed E-state index contributed by atoms with van der Waals surface area (Å²) in [6, 6.07) is 10.8. The standard InChI is InChI=1S/C12H9IN2O2/c13-10-4-1-5-11(7-10)17-15-12(16)9-3-2-6-14-8-9/h1-8H,(H,15,16). The highest BCUT2D eigenvalue weighted by Gasteiger charge is 2.05. The Bertz CT molecular complexity index is 517. The van der Waals surface area contributed by atoms with Crippen molar-refractivity contribution >= 4 is 28.5 Å². The molecular formula is C12H9IN2O2. The Morgan fingerprint density at radius 1 is 1.29 bits per heavy atom. The lowest BCUT2D eigenvalue weighted by molar-refractivity contribution is 0.0759. The molecular weight excluding hydrogens is 331 g/mol. The molecule has 0 saturated heterocycles. The van der Waals surface area contributed by atoms with Crippen LogP contribution in [0.1, 0.15) is 10.4 Å². The minimum Gasteiger partial charge on any atom is -0.379 e. The third kappa shape index (κ3) is 3.42. The monoisotopic (exact) mass is 340 g/mol. The SMILES string of the molecule is O=C(NOc1cccc(I)c1)c1cccnc1. The molecule has 0 unspecified atom stereocenters. The molecule has 1 aromatic carbocycles. The number of hydroxylamine groups is 1. The van der Waals surface area contributed by atoms with E-state index in [0.717, 1.165) is 3.57 Å². The van der Waals surface area contributed by atoms with Crippen molar-refractivity contribution in [1.29, 1.82) is 0 Å². The maximum atomic E-state index is 11.6. The molecule has 0 atom stereocenters. The van der Waals surface area contributed by atoms with Crippen molar-refractivity contribution in [2.45, 2.75) is 0 Å². The Labute approximate surface area is 112 Å². The number of pyridine rings is 1. The van der Waals surface area contributed by atoms with Crippen molar-refractivity contribution < 1.29 is 9.63 Å². The molecule has 0 bridgehead atoms. The van der Waals surface area contributed by atoms with Crippen LogP contribution in [0.4, 0.5) is 0 Å². The molecule has 0 aliphatic carbocycles. The van der Waals surface area contributed by atoms with Crippen LogP contribution in [-0.2, 0) is 0 Å². The molecule has 0 spiro atoms. The predicted molar refractivity (Wildman–Crippen MR) is 71.5 cm³/mol. The number of carbonyl (C=O) groups excluding carboxylic acids is 1. The van der Waals surface area contributed by atoms with Crippen LogP contribution in [0.3, 0.4) is 0 Å². The van der Waals surface area contributed by atoms with Gasteiger partial charge < -0.3 is 4.84 Å². The molecule has 1 heterocycles. The molecule has 5 heteroatoms. The number of nitrogens with zero attached hydrogens (tertiary/aromatic N) is 1. The fourth-order valence-corrected chi connectivity index (χ4v) is 1.71. The number of hydrogen-bond donors (Lipinski definition) is 1. The van der Waals surface area contributed by atoms with E-state index in [1.54, 1.807) is 24.4 Å². The number of nitrogens with one attached hydrogen (secondary N) is 1. The average molecular weight is 340 g/mol. The van der Waals surface area contributed by atoms with Gasteiger partial charge in [0.2, 0.25) is 0 Å². The van der Waals surface area contributed by atoms with Gasteiger partial charge in [0.25, 0.3) is 5.91 Å². The second-order valence-electron chi connectivity index (χ2n) is 3.23. The number of hydrogen-bond acceptors (Lipinski definition) is 3. The lowest BCUT2D eigenvalue weighted by Crippen LogP contribution is -2.26. The zero-order valence-electron chi connectivity index (χ0n) is 8.76. The van der Waals surface area contributed by atoms with Crippen LogP contribution in [-0.4, -0.2) is 10.9 Å². The fourth-order valence-electron chi connectivity index (χ4n) is 1.19. The van der Waals surface area contributed by atoms with Gasteiger partial charge in [-0.15, -0.1) is 0 Å². The molecule has 1 N–H and O–H groups in total. The van der Waals surface area contributed by atoms with Crippen molar-refractivity contribution in [2.24, 2.45) is 0 Å². The molecule has 0 aliphatic rings. The van der Waals surface area contributed by atoms with E-state index in [2.05, 4.69) is 33.1 Å². The Kier molecular flexibility index (Phi) is 3.92. The van der Waals surface area contributed by atoms with Crippen LogP contribution in [0.25, 0.3) is 0 Å². The lowest BCUT2D eigenvalue weighted by atomic mass is 10.3. The summed E-state index contributed by atoms with van der Waals surface area (Å²) in [5, 5.41) is 0. The van der Waals surface area contributed by atoms with E-state index in [0.29, 0.717) is 11.3 Å². The van der Waals surface area contributed by atoms with Gasteiger partial charge in [0.05, 0.1) is 5.56 Å². The van der Waals surface area contributed by atoms with Gasteiger partial charge in [0.1, 0.15) is 0 Å². The van der Waals surface area contributed by atoms with Crippen LogP contribution in [0.15, 0.2) is 48.8 Å². The number of amides is 1. The molecule has 2 aromatic rings. The third-order valence-corrected chi connectivity index (χ3v) is 2.65. The lowest BCUT2D eigenvalue weighted by Gasteiger charge is -2.06. The summed E-state index contributed by atoms with van der Waals surface area (Å²) < 4.78 is 1.04. The summed E-state index contributed by atoms with van der Waals surface area (Å²) in [5.41, 5.74) is 2.82. The third-order valence-electron chi connectivity index (χ3n) is 1.98. The second kappa shape index (κ2) is 5.62. The summed E-state index contributed by atoms with van der Waals surface area (Å²) in [5.74, 6) is 0.270. The molecule has 4 nitrogen and oxygen atoms in total. The molecule has 0 saturated carbocycles. The van der Waals surface area contributed by atoms with E-state index in [9.17, 15) is 4.79 Å². The topological polar surface area (TPSA) is 51.2 Å². The highest BCUT2D eigenvalue weighted by atomic mass is 127. The first-order valence-corrected chi connectivity index (χ1v) is 5.96. The molecule has 1 aromatic heterocycles. The molecule has 2 rings (SSSR count). The molecule has 1 amide bonds. The van der Waals surface area contributed by atoms with Crippen LogP contribution in [0.2, 0.25) is 0 Å². The molecule has 0 fully saturated rings. The van der Waals surface area contributed by atoms with Crippen molar-refractivity contribution in [1.82, 2.24) is 10.5 Å². The van der Waals surface area contributed by atoms with Crippen LogP contribution in [0.5, 0.6) is 5.75 Å². The smallest absolute Gasteiger partial charge is 0.285 e. The van der Waals surface area contributed by atoms with E-state index >= 15 is 0 Å². The van der Waals surface area contributed by atoms with Crippen molar-refractivity contribution in [3.8, 4) is 5.75 Å². The molecule has 0 radical (unpaired) electrons. The zero-order valence-corrected chi connectivity index (χ0v) is 10.9. The van der Waals surface area contributed by atoms with Crippen molar-refractivity contribution in [2.75, 3.05) is 0 Å². The predicted octanol–water partition coefficient (Wildman–Crippen LogP) is 2.41. The molecule has 86 valence electrons. The highest BCUT2D eigenvalue weighted by molar-refractivity contribution is 14.1. The average Bonchev–Trinajstić information content (AvgIpc) is 2.37. The zero-order chi connectivity index (χ0) is 12.1. The summed E-state index contributed by atoms with van der Waals surface area (Å²) in [4.78, 5) is 20.7. The number of benzene rings is 1. The van der Waals surface area contributed by atoms with Gasteiger partial charge in [-0.05, 0) is 52.9 Å². The Morgan fingerprint density at radius 3 is 2.88 bits per heavy atom. The van der Waals surface area contributed by atoms with E-state index in [1.165, 1.54) is 6.20 Å². The first-order valence-electron chi connectivity index (χ1n) is 4.88. The Morgan fingerprint density at radius 2 is 2.18 bits per heavy atom. The van der Waals surface area contributed by atoms with Gasteiger partial charge in [0.15, 0.2) is 5.75 Å². The maximum Gasteiger partial charge on any atom is 0.285 e. The van der Waals surface area contributed by atoms with Gasteiger partial charge in [-0.1, -0.05) is 6.07 Å². The van der Waals surface area contributed by atoms with Crippen molar-refractivity contribution in [3.63, 3.8) is 0 Å². The van der Waals surface area contributed by atoms with Gasteiger partial charge in [-0.3, -0.25) is 9.78 Å². The summed E-state index contributed by atoms with van der Waals surface area (Å²) in [6.07, 6.45) is 3.09. The number of aromatic nitrogens is 1. The number of carbonyl (C=O) groups is 1. The highest BCUT2D eigenvalue weighted by Crippen LogP contribution is 2.13. The second-order valence-corrected chi connectivity index (χ2v) is 4.48. The van der Waals surface area contributed by atoms with Crippen LogP contribution >= 0.6 is 22.6 Å². The van der Waals surface area contributed by atoms with Gasteiger partial charge in [-0.25, -0.2) is 0 Å². The Balaban J connectivity index is 1.97. The van der Waals surface area contributed by atoms with Crippen molar-refractivity contribution in [3.05, 3.63) is 57.9 Å². The normalized spacial score (nSPS) is 9.71. The van der Waals surface area contributed by atoms with Crippen LogP contribution < -0.4 is 10.3 Å². The summed E-state index contributed by atoms with van der Waals surface area (Å²) >= 11 is 2.17. The maximum absolute atomic E-state index is 11.6. The van der Waals surface area contributed by atoms with E-state index in [-0.39, 0.29) is 5.91 Å². The van der Waals surface area contributed by atoms with Gasteiger partial charge in [-0.2, -0.15) is 5.48 Å². The first kappa shape index (κ1) is 11.8. The minimum atomic E-state index is -0.322. The molecule has 17 heavy (non-hydrogen) atoms. The van der Waals surface area contributed by atoms with Gasteiger partial charge >= 0.3 is 0 Å².